The van der Waals surface area contributed by atoms with E-state index in [9.17, 15) is 44.5 Å². The van der Waals surface area contributed by atoms with Crippen LogP contribution in [0.25, 0.3) is 0 Å². The van der Waals surface area contributed by atoms with Crippen molar-refractivity contribution in [2.45, 2.75) is 50.6 Å². The number of aliphatic hydroxyl groups excluding tert-OH is 3. The Morgan fingerprint density at radius 1 is 1.09 bits per heavy atom. The molecule has 1 unspecified atom stereocenters. The van der Waals surface area contributed by atoms with Crippen LogP contribution in [0.1, 0.15) is 60.4 Å². The van der Waals surface area contributed by atoms with E-state index in [4.69, 9.17) is 19.5 Å². The van der Waals surface area contributed by atoms with Crippen molar-refractivity contribution in [3.8, 4) is 11.5 Å². The third-order valence-corrected chi connectivity index (χ3v) is 11.5. The number of nitrogens with one attached hydrogen (secondary N) is 1. The van der Waals surface area contributed by atoms with Gasteiger partial charge in [-0.05, 0) is 49.1 Å². The number of hydrogen-bond acceptors (Lipinski definition) is 13. The van der Waals surface area contributed by atoms with E-state index in [1.807, 2.05) is 0 Å². The molecule has 2 aromatic rings. The third-order valence-electron chi connectivity index (χ3n) is 9.16. The van der Waals surface area contributed by atoms with Gasteiger partial charge in [-0.3, -0.25) is 18.9 Å². The molecule has 3 aliphatic carbocycles. The van der Waals surface area contributed by atoms with Crippen LogP contribution < -0.4 is 15.8 Å². The first-order valence-corrected chi connectivity index (χ1v) is 16.6. The maximum atomic E-state index is 14.1. The maximum Gasteiger partial charge on any atom is 0.357 e. The largest absolute Gasteiger partial charge is 0.511 e. The molecule has 0 aromatic heterocycles. The Morgan fingerprint density at radius 2 is 1.70 bits per heavy atom. The van der Waals surface area contributed by atoms with Crippen LogP contribution in [0.15, 0.2) is 59.1 Å². The third kappa shape index (κ3) is 5.20. The Kier molecular flexibility index (Phi) is 9.03. The van der Waals surface area contributed by atoms with E-state index in [1.54, 1.807) is 45.0 Å². The Hall–Kier alpha value is -4.20. The molecule has 0 saturated carbocycles. The van der Waals surface area contributed by atoms with E-state index >= 15 is 0 Å². The van der Waals surface area contributed by atoms with Gasteiger partial charge >= 0.3 is 7.60 Å². The summed E-state index contributed by atoms with van der Waals surface area (Å²) in [6.07, 6.45) is -2.23. The van der Waals surface area contributed by atoms with Crippen LogP contribution >= 0.6 is 7.60 Å². The standard InChI is InChI=1S/C32H37N2O12P/c1-5-45-47(43,46-6-2)31(15-7-9-16(44-4)10-8-15)34-19-12-11-17-14(3)21-24(27(38)22(17)26(19)37)29(40)32(42)18(25(21)36)13-20(35)23(28(32)39)30(33)41/h7-12,14,18,21,25,31,34-37,40,42H,5-6,13H2,1-4H3,(H2,33,41)/t14-,18+,21+,25+,31?,32+/m0/s1. The van der Waals surface area contributed by atoms with Gasteiger partial charge < -0.3 is 50.4 Å². The number of amides is 1. The van der Waals surface area contributed by atoms with E-state index in [2.05, 4.69) is 5.32 Å². The molecule has 0 fully saturated rings. The number of nitrogens with two attached hydrogens (primary N) is 1. The first-order chi connectivity index (χ1) is 22.2. The van der Waals surface area contributed by atoms with Gasteiger partial charge in [-0.15, -0.1) is 0 Å². The molecule has 0 aliphatic heterocycles. The zero-order chi connectivity index (χ0) is 34.6. The summed E-state index contributed by atoms with van der Waals surface area (Å²) in [5.41, 5.74) is 1.16. The molecule has 0 bridgehead atoms. The molecule has 0 spiro atoms. The number of primary amides is 1. The van der Waals surface area contributed by atoms with Crippen molar-refractivity contribution < 1.29 is 58.3 Å². The molecule has 1 amide bonds. The summed E-state index contributed by atoms with van der Waals surface area (Å²) in [5.74, 6) is -10.4. The SMILES string of the molecule is CCOP(=O)(OCC)C(Nc1ccc2c(c1O)C(=O)C1=C(O)[C@]3(O)C(=O)C(C(N)=O)=C(O)C[C@@H]3[C@@H](O)[C@@H]1[C@H]2C)c1ccc(OC)cc1. The Labute approximate surface area is 270 Å². The zero-order valence-electron chi connectivity index (χ0n) is 26.1. The van der Waals surface area contributed by atoms with E-state index in [-0.39, 0.29) is 30.0 Å². The number of carbonyl (C=O) groups excluding carboxylic acids is 3. The van der Waals surface area contributed by atoms with Gasteiger partial charge in [-0.2, -0.15) is 0 Å². The van der Waals surface area contributed by atoms with Crippen molar-refractivity contribution in [2.75, 3.05) is 25.6 Å². The molecule has 5 rings (SSSR count). The minimum Gasteiger partial charge on any atom is -0.511 e. The van der Waals surface area contributed by atoms with Crippen LogP contribution in [-0.2, 0) is 23.2 Å². The molecule has 2 aromatic carbocycles. The van der Waals surface area contributed by atoms with Gasteiger partial charge in [0.15, 0.2) is 17.2 Å². The van der Waals surface area contributed by atoms with Crippen LogP contribution in [0.3, 0.4) is 0 Å². The number of allylic oxidation sites excluding steroid dienone is 1. The van der Waals surface area contributed by atoms with E-state index in [0.29, 0.717) is 11.3 Å². The second-order valence-corrected chi connectivity index (χ2v) is 13.7. The van der Waals surface area contributed by atoms with E-state index in [0.717, 1.165) is 0 Å². The number of phenolic OH excluding ortho intramolecular Hbond substituents is 1. The maximum absolute atomic E-state index is 14.1. The average molecular weight is 673 g/mol. The number of ketones is 2. The molecule has 14 nitrogen and oxygen atoms in total. The number of methoxy groups -OCH3 is 1. The second-order valence-electron chi connectivity index (χ2n) is 11.6. The van der Waals surface area contributed by atoms with Crippen LogP contribution in [0.2, 0.25) is 0 Å². The molecular formula is C32H37N2O12P. The number of benzene rings is 2. The minimum atomic E-state index is -3.97. The van der Waals surface area contributed by atoms with Gasteiger partial charge in [0.25, 0.3) is 5.91 Å². The van der Waals surface area contributed by atoms with Crippen LogP contribution in [0.5, 0.6) is 11.5 Å². The number of anilines is 1. The first-order valence-electron chi connectivity index (χ1n) is 15.0. The number of Topliss-reactive ketones (excluding diaryl/α,β-unsaturated/α-hetero) is 2. The zero-order valence-corrected chi connectivity index (χ0v) is 27.0. The van der Waals surface area contributed by atoms with Gasteiger partial charge in [0.2, 0.25) is 5.78 Å². The normalized spacial score (nSPS) is 26.3. The summed E-state index contributed by atoms with van der Waals surface area (Å²) in [6, 6.07) is 9.51. The highest BCUT2D eigenvalue weighted by atomic mass is 31.2. The molecule has 0 heterocycles. The number of phenols is 1. The number of fused-ring (bicyclic) bond motifs is 3. The highest BCUT2D eigenvalue weighted by Gasteiger charge is 2.64. The van der Waals surface area contributed by atoms with Gasteiger partial charge in [-0.25, -0.2) is 0 Å². The van der Waals surface area contributed by atoms with E-state index in [1.165, 1.54) is 19.2 Å². The Balaban J connectivity index is 1.64. The lowest BCUT2D eigenvalue weighted by Crippen LogP contribution is -2.62. The van der Waals surface area contributed by atoms with Crippen molar-refractivity contribution >= 4 is 30.8 Å². The van der Waals surface area contributed by atoms with Crippen molar-refractivity contribution in [2.24, 2.45) is 17.6 Å². The number of carbonyl (C=O) groups is 3. The quantitative estimate of drug-likeness (QED) is 0.109. The van der Waals surface area contributed by atoms with Crippen LogP contribution in [-0.4, -0.2) is 75.0 Å². The second kappa shape index (κ2) is 12.4. The van der Waals surface area contributed by atoms with Gasteiger partial charge in [-0.1, -0.05) is 25.1 Å². The highest BCUT2D eigenvalue weighted by Crippen LogP contribution is 2.62. The molecular weight excluding hydrogens is 635 g/mol. The fourth-order valence-corrected chi connectivity index (χ4v) is 8.86. The minimum absolute atomic E-state index is 0.0297. The first kappa shape index (κ1) is 34.1. The summed E-state index contributed by atoms with van der Waals surface area (Å²) in [6.45, 7) is 4.96. The number of aliphatic hydroxyl groups is 4. The van der Waals surface area contributed by atoms with Crippen LogP contribution in [0.4, 0.5) is 5.69 Å². The van der Waals surface area contributed by atoms with E-state index < -0.39 is 95.1 Å². The van der Waals surface area contributed by atoms with Crippen molar-refractivity contribution in [1.82, 2.24) is 0 Å². The molecule has 252 valence electrons. The van der Waals surface area contributed by atoms with Crippen molar-refractivity contribution in [3.63, 3.8) is 0 Å². The molecule has 6 atom stereocenters. The lowest BCUT2D eigenvalue weighted by Gasteiger charge is -2.50. The predicted molar refractivity (Wildman–Crippen MR) is 167 cm³/mol. The van der Waals surface area contributed by atoms with Crippen molar-refractivity contribution in [1.29, 1.82) is 0 Å². The summed E-state index contributed by atoms with van der Waals surface area (Å²) in [5, 5.41) is 59.4. The lowest BCUT2D eigenvalue weighted by atomic mass is 9.56. The molecule has 15 heteroatoms. The average Bonchev–Trinajstić information content (AvgIpc) is 3.02. The molecule has 0 radical (unpaired) electrons. The predicted octanol–water partition coefficient (Wildman–Crippen LogP) is 3.50. The summed E-state index contributed by atoms with van der Waals surface area (Å²) in [7, 11) is -2.48. The molecule has 47 heavy (non-hydrogen) atoms. The lowest BCUT2D eigenvalue weighted by molar-refractivity contribution is -0.154. The molecule has 8 N–H and O–H groups in total. The Bertz CT molecular complexity index is 1740. The van der Waals surface area contributed by atoms with Gasteiger partial charge in [0.1, 0.15) is 28.6 Å². The summed E-state index contributed by atoms with van der Waals surface area (Å²) in [4.78, 5) is 39.4. The number of hydrogen-bond donors (Lipinski definition) is 7. The fraction of sp³-hybridized carbons (Fsp3) is 0.406. The van der Waals surface area contributed by atoms with Crippen LogP contribution in [0, 0.1) is 11.8 Å². The highest BCUT2D eigenvalue weighted by molar-refractivity contribution is 7.54. The number of ether oxygens (including phenoxy) is 1. The van der Waals surface area contributed by atoms with Gasteiger partial charge in [0, 0.05) is 23.8 Å². The fourth-order valence-electron chi connectivity index (χ4n) is 6.94. The summed E-state index contributed by atoms with van der Waals surface area (Å²) >= 11 is 0. The summed E-state index contributed by atoms with van der Waals surface area (Å²) < 4.78 is 30.5. The Morgan fingerprint density at radius 3 is 2.26 bits per heavy atom. The van der Waals surface area contributed by atoms with Gasteiger partial charge in [0.05, 0.1) is 37.7 Å². The smallest absolute Gasteiger partial charge is 0.357 e. The van der Waals surface area contributed by atoms with Crippen molar-refractivity contribution in [3.05, 3.63) is 75.8 Å². The number of aromatic hydroxyl groups is 1. The topological polar surface area (TPSA) is 235 Å². The number of rotatable bonds is 10. The molecule has 3 aliphatic rings. The monoisotopic (exact) mass is 672 g/mol. The molecule has 0 saturated heterocycles.